The average Bonchev–Trinajstić information content (AvgIpc) is 2.03. The Kier molecular flexibility index (Phi) is 4.33. The van der Waals surface area contributed by atoms with Gasteiger partial charge in [0.1, 0.15) is 0 Å². The van der Waals surface area contributed by atoms with Gasteiger partial charge in [0.2, 0.25) is 6.41 Å². The highest BCUT2D eigenvalue weighted by molar-refractivity contribution is 5.69. The van der Waals surface area contributed by atoms with Gasteiger partial charge in [-0.15, -0.1) is 0 Å². The summed E-state index contributed by atoms with van der Waals surface area (Å²) in [6.45, 7) is 3.73. The van der Waals surface area contributed by atoms with E-state index in [0.717, 1.165) is 0 Å². The van der Waals surface area contributed by atoms with Crippen molar-refractivity contribution in [2.45, 2.75) is 38.6 Å². The predicted octanol–water partition coefficient (Wildman–Crippen LogP) is 0.766. The molecule has 1 amide bonds. The van der Waals surface area contributed by atoms with Crippen molar-refractivity contribution in [1.29, 1.82) is 0 Å². The molecule has 0 radical (unpaired) electrons. The van der Waals surface area contributed by atoms with Crippen molar-refractivity contribution >= 4 is 12.4 Å². The van der Waals surface area contributed by atoms with Crippen LogP contribution >= 0.6 is 0 Å². The third-order valence-corrected chi connectivity index (χ3v) is 2.21. The number of carbonyl (C=O) groups excluding carboxylic acids is 1. The largest absolute Gasteiger partial charge is 0.481 e. The minimum absolute atomic E-state index is 0.0151. The van der Waals surface area contributed by atoms with Gasteiger partial charge in [0.25, 0.3) is 0 Å². The molecule has 0 heterocycles. The summed E-state index contributed by atoms with van der Waals surface area (Å²) in [6.07, 6.45) is 1.82. The van der Waals surface area contributed by atoms with Crippen molar-refractivity contribution < 1.29 is 14.7 Å². The van der Waals surface area contributed by atoms with Crippen LogP contribution in [0.5, 0.6) is 0 Å². The van der Waals surface area contributed by atoms with E-state index in [0.29, 0.717) is 19.3 Å². The topological polar surface area (TPSA) is 66.4 Å². The van der Waals surface area contributed by atoms with Gasteiger partial charge in [-0.1, -0.05) is 13.8 Å². The number of carboxylic acids is 1. The fourth-order valence-electron chi connectivity index (χ4n) is 1.17. The van der Waals surface area contributed by atoms with Gasteiger partial charge in [0, 0.05) is 5.54 Å². The van der Waals surface area contributed by atoms with Gasteiger partial charge < -0.3 is 10.4 Å². The second-order valence-electron chi connectivity index (χ2n) is 2.82. The lowest BCUT2D eigenvalue weighted by Crippen LogP contribution is -2.45. The minimum Gasteiger partial charge on any atom is -0.481 e. The first-order chi connectivity index (χ1) is 5.60. The second-order valence-corrected chi connectivity index (χ2v) is 2.82. The summed E-state index contributed by atoms with van der Waals surface area (Å²) < 4.78 is 0. The van der Waals surface area contributed by atoms with Crippen LogP contribution in [0.1, 0.15) is 33.1 Å². The molecule has 0 aliphatic rings. The molecule has 4 nitrogen and oxygen atoms in total. The molecule has 4 heteroatoms. The lowest BCUT2D eigenvalue weighted by atomic mass is 9.89. The molecule has 0 saturated heterocycles. The monoisotopic (exact) mass is 173 g/mol. The van der Waals surface area contributed by atoms with E-state index in [1.54, 1.807) is 0 Å². The van der Waals surface area contributed by atoms with Gasteiger partial charge in [-0.05, 0) is 12.8 Å². The smallest absolute Gasteiger partial charge is 0.305 e. The first kappa shape index (κ1) is 10.9. The van der Waals surface area contributed by atoms with E-state index in [1.807, 2.05) is 13.8 Å². The lowest BCUT2D eigenvalue weighted by molar-refractivity contribution is -0.139. The third kappa shape index (κ3) is 2.90. The maximum absolute atomic E-state index is 10.5. The molecule has 0 aromatic carbocycles. The highest BCUT2D eigenvalue weighted by Crippen LogP contribution is 2.18. The van der Waals surface area contributed by atoms with Crippen LogP contribution in [-0.4, -0.2) is 23.0 Å². The molecule has 0 unspecified atom stereocenters. The van der Waals surface area contributed by atoms with Crippen LogP contribution in [0.3, 0.4) is 0 Å². The fraction of sp³-hybridized carbons (Fsp3) is 0.750. The van der Waals surface area contributed by atoms with Crippen molar-refractivity contribution in [2.24, 2.45) is 0 Å². The van der Waals surface area contributed by atoms with Gasteiger partial charge in [-0.2, -0.15) is 0 Å². The highest BCUT2D eigenvalue weighted by Gasteiger charge is 2.27. The summed E-state index contributed by atoms with van der Waals surface area (Å²) in [5.74, 6) is -0.881. The number of carbonyl (C=O) groups is 2. The Morgan fingerprint density at radius 2 is 2.00 bits per heavy atom. The summed E-state index contributed by atoms with van der Waals surface area (Å²) in [5, 5.41) is 11.1. The molecule has 0 atom stereocenters. The van der Waals surface area contributed by atoms with Crippen LogP contribution in [0.4, 0.5) is 0 Å². The van der Waals surface area contributed by atoms with Gasteiger partial charge in [-0.3, -0.25) is 9.59 Å². The molecule has 0 aliphatic carbocycles. The molecular weight excluding hydrogens is 158 g/mol. The molecule has 0 saturated carbocycles. The van der Waals surface area contributed by atoms with Crippen molar-refractivity contribution in [1.82, 2.24) is 5.32 Å². The maximum atomic E-state index is 10.5. The standard InChI is InChI=1S/C8H15NO3/c1-3-8(4-2,9-6-10)5-7(11)12/h6H,3-5H2,1-2H3,(H,9,10)(H,11,12). The van der Waals surface area contributed by atoms with Crippen molar-refractivity contribution in [2.75, 3.05) is 0 Å². The summed E-state index contributed by atoms with van der Waals surface area (Å²) in [7, 11) is 0. The first-order valence-corrected chi connectivity index (χ1v) is 4.03. The quantitative estimate of drug-likeness (QED) is 0.583. The Balaban J connectivity index is 4.33. The molecule has 0 bridgehead atoms. The van der Waals surface area contributed by atoms with Crippen LogP contribution in [0.25, 0.3) is 0 Å². The molecule has 12 heavy (non-hydrogen) atoms. The Morgan fingerprint density at radius 3 is 2.25 bits per heavy atom. The van der Waals surface area contributed by atoms with E-state index in [1.165, 1.54) is 0 Å². The van der Waals surface area contributed by atoms with Gasteiger partial charge >= 0.3 is 5.97 Å². The number of carboxylic acid groups (broad SMARTS) is 1. The predicted molar refractivity (Wildman–Crippen MR) is 44.8 cm³/mol. The molecule has 0 rings (SSSR count). The van der Waals surface area contributed by atoms with Crippen LogP contribution in [-0.2, 0) is 9.59 Å². The zero-order chi connectivity index (χ0) is 9.61. The molecule has 0 aliphatic heterocycles. The van der Waals surface area contributed by atoms with Crippen LogP contribution < -0.4 is 5.32 Å². The average molecular weight is 173 g/mol. The normalized spacial score (nSPS) is 10.8. The molecule has 0 fully saturated rings. The van der Waals surface area contributed by atoms with Crippen molar-refractivity contribution in [3.05, 3.63) is 0 Å². The van der Waals surface area contributed by atoms with E-state index in [9.17, 15) is 9.59 Å². The Labute approximate surface area is 72.0 Å². The van der Waals surface area contributed by atoms with Crippen LogP contribution in [0.2, 0.25) is 0 Å². The SMILES string of the molecule is CCC(CC)(CC(=O)O)NC=O. The Bertz CT molecular complexity index is 164. The third-order valence-electron chi connectivity index (χ3n) is 2.21. The Morgan fingerprint density at radius 1 is 1.50 bits per heavy atom. The molecule has 0 aromatic heterocycles. The molecule has 2 N–H and O–H groups in total. The number of nitrogens with one attached hydrogen (secondary N) is 1. The molecule has 0 spiro atoms. The van der Waals surface area contributed by atoms with Crippen molar-refractivity contribution in [3.63, 3.8) is 0 Å². The summed E-state index contributed by atoms with van der Waals surface area (Å²) in [6, 6.07) is 0. The highest BCUT2D eigenvalue weighted by atomic mass is 16.4. The maximum Gasteiger partial charge on any atom is 0.305 e. The van der Waals surface area contributed by atoms with Gasteiger partial charge in [0.05, 0.1) is 6.42 Å². The minimum atomic E-state index is -0.881. The van der Waals surface area contributed by atoms with Gasteiger partial charge in [-0.25, -0.2) is 0 Å². The number of rotatable bonds is 6. The molecule has 0 aromatic rings. The second kappa shape index (κ2) is 4.74. The number of hydrogen-bond acceptors (Lipinski definition) is 2. The van der Waals surface area contributed by atoms with E-state index in [2.05, 4.69) is 5.32 Å². The fourth-order valence-corrected chi connectivity index (χ4v) is 1.17. The van der Waals surface area contributed by atoms with Gasteiger partial charge in [0.15, 0.2) is 0 Å². The van der Waals surface area contributed by atoms with E-state index in [-0.39, 0.29) is 6.42 Å². The Hall–Kier alpha value is -1.06. The van der Waals surface area contributed by atoms with Crippen LogP contribution in [0, 0.1) is 0 Å². The summed E-state index contributed by atoms with van der Waals surface area (Å²) in [5.41, 5.74) is -0.562. The molecule has 70 valence electrons. The number of aliphatic carboxylic acids is 1. The van der Waals surface area contributed by atoms with E-state index < -0.39 is 11.5 Å². The first-order valence-electron chi connectivity index (χ1n) is 4.03. The van der Waals surface area contributed by atoms with Crippen LogP contribution in [0.15, 0.2) is 0 Å². The summed E-state index contributed by atoms with van der Waals surface area (Å²) in [4.78, 5) is 20.7. The number of amides is 1. The van der Waals surface area contributed by atoms with Crippen molar-refractivity contribution in [3.8, 4) is 0 Å². The summed E-state index contributed by atoms with van der Waals surface area (Å²) >= 11 is 0. The zero-order valence-corrected chi connectivity index (χ0v) is 7.46. The molecular formula is C8H15NO3. The number of hydrogen-bond donors (Lipinski definition) is 2. The lowest BCUT2D eigenvalue weighted by Gasteiger charge is -2.29. The van der Waals surface area contributed by atoms with E-state index in [4.69, 9.17) is 5.11 Å². The zero-order valence-electron chi connectivity index (χ0n) is 7.46. The van der Waals surface area contributed by atoms with E-state index >= 15 is 0 Å².